The highest BCUT2D eigenvalue weighted by Gasteiger charge is 2.36. The summed E-state index contributed by atoms with van der Waals surface area (Å²) in [6.45, 7) is 18.3. The maximum Gasteiger partial charge on any atom is 0.500 e. The first-order valence-electron chi connectivity index (χ1n) is 19.2. The van der Waals surface area contributed by atoms with Gasteiger partial charge in [-0.1, -0.05) is 97.3 Å². The van der Waals surface area contributed by atoms with Crippen LogP contribution in [0.2, 0.25) is 44.3 Å². The van der Waals surface area contributed by atoms with Crippen LogP contribution in [-0.2, 0) is 22.1 Å². The molecule has 0 spiro atoms. The van der Waals surface area contributed by atoms with E-state index in [2.05, 4.69) is 45.4 Å². The van der Waals surface area contributed by atoms with Crippen LogP contribution in [0, 0.1) is 0 Å². The second kappa shape index (κ2) is 37.5. The van der Waals surface area contributed by atoms with Crippen LogP contribution in [0.15, 0.2) is 0 Å². The van der Waals surface area contributed by atoms with Crippen LogP contribution >= 0.6 is 0 Å². The lowest BCUT2D eigenvalue weighted by Crippen LogP contribution is -2.42. The maximum atomic E-state index is 5.77. The van der Waals surface area contributed by atoms with Crippen molar-refractivity contribution in [3.05, 3.63) is 0 Å². The summed E-state index contributed by atoms with van der Waals surface area (Å²) in [4.78, 5) is 0. The molecule has 0 saturated heterocycles. The minimum Gasteiger partial charge on any atom is -0.417 e. The molecule has 0 aromatic carbocycles. The molecule has 0 aliphatic rings. The molecular formula is C35H86N4O5Si3. The van der Waals surface area contributed by atoms with Crippen molar-refractivity contribution in [3.63, 3.8) is 0 Å². The summed E-state index contributed by atoms with van der Waals surface area (Å²) < 4.78 is 27.8. The van der Waals surface area contributed by atoms with Crippen LogP contribution in [0.25, 0.3) is 0 Å². The molecule has 0 aliphatic heterocycles. The standard InChI is InChI=1S/C20H46N2O3Si.C8H21NOSi.C7H19NOSi/c1-23-26(24-2,25-3)19-17-15-13-11-9-7-5-4-6-8-10-12-14-16-18-22-20-21;1-4-5-7-10-11(2,3)8-6-9;1-4-6-9-10(2,3)7-5-8/h22H,4-21H2,1-3H3;4-9H2,1-3H3;4-8H2,1-3H3. The van der Waals surface area contributed by atoms with Crippen LogP contribution in [0.5, 0.6) is 0 Å². The molecule has 288 valence electrons. The molecule has 0 radical (unpaired) electrons. The van der Waals surface area contributed by atoms with Crippen LogP contribution in [0.4, 0.5) is 0 Å². The van der Waals surface area contributed by atoms with E-state index < -0.39 is 25.4 Å². The zero-order valence-corrected chi connectivity index (χ0v) is 36.2. The Morgan fingerprint density at radius 2 is 0.851 bits per heavy atom. The lowest BCUT2D eigenvalue weighted by molar-refractivity contribution is 0.122. The Labute approximate surface area is 297 Å². The van der Waals surface area contributed by atoms with Crippen molar-refractivity contribution in [2.75, 3.05) is 60.8 Å². The summed E-state index contributed by atoms with van der Waals surface area (Å²) in [5.41, 5.74) is 16.3. The van der Waals surface area contributed by atoms with Gasteiger partial charge in [-0.2, -0.15) is 0 Å². The minimum absolute atomic E-state index is 0.609. The summed E-state index contributed by atoms with van der Waals surface area (Å²) >= 11 is 0. The van der Waals surface area contributed by atoms with Crippen LogP contribution in [0.1, 0.15) is 123 Å². The predicted octanol–water partition coefficient (Wildman–Crippen LogP) is 8.38. The third-order valence-electron chi connectivity index (χ3n) is 8.34. The predicted molar refractivity (Wildman–Crippen MR) is 213 cm³/mol. The Hall–Kier alpha value is 0.291. The van der Waals surface area contributed by atoms with Crippen molar-refractivity contribution < 1.29 is 22.1 Å². The minimum atomic E-state index is -2.33. The van der Waals surface area contributed by atoms with E-state index in [0.29, 0.717) is 6.67 Å². The summed E-state index contributed by atoms with van der Waals surface area (Å²) in [5.74, 6) is 0. The van der Waals surface area contributed by atoms with Gasteiger partial charge in [-0.25, -0.2) is 0 Å². The van der Waals surface area contributed by atoms with E-state index in [9.17, 15) is 0 Å². The Balaban J connectivity index is -0.000000753. The quantitative estimate of drug-likeness (QED) is 0.0306. The van der Waals surface area contributed by atoms with Crippen molar-refractivity contribution in [2.45, 2.75) is 167 Å². The van der Waals surface area contributed by atoms with E-state index in [4.69, 9.17) is 39.3 Å². The fourth-order valence-electron chi connectivity index (χ4n) is 5.08. The molecule has 0 bridgehead atoms. The molecule has 0 aromatic heterocycles. The molecule has 0 atom stereocenters. The highest BCUT2D eigenvalue weighted by molar-refractivity contribution is 6.71. The lowest BCUT2D eigenvalue weighted by atomic mass is 10.0. The third kappa shape index (κ3) is 38.9. The van der Waals surface area contributed by atoms with E-state index in [0.717, 1.165) is 63.8 Å². The van der Waals surface area contributed by atoms with Gasteiger partial charge in [-0.05, 0) is 83.6 Å². The summed E-state index contributed by atoms with van der Waals surface area (Å²) in [7, 11) is 0.0344. The average molecular weight is 727 g/mol. The van der Waals surface area contributed by atoms with Gasteiger partial charge in [-0.3, -0.25) is 0 Å². The van der Waals surface area contributed by atoms with Gasteiger partial charge in [0.05, 0.1) is 0 Å². The molecule has 0 unspecified atom stereocenters. The zero-order chi connectivity index (χ0) is 36.1. The normalized spacial score (nSPS) is 12.0. The van der Waals surface area contributed by atoms with Crippen LogP contribution in [-0.4, -0.2) is 86.3 Å². The van der Waals surface area contributed by atoms with E-state index >= 15 is 0 Å². The van der Waals surface area contributed by atoms with Crippen LogP contribution in [0.3, 0.4) is 0 Å². The SMILES string of the molecule is CCCCO[Si](C)(C)CCN.CCCO[Si](C)(C)CCN.CO[Si](CCCCCCCCCCCCCCCCNCN)(OC)OC. The highest BCUT2D eigenvalue weighted by atomic mass is 28.4. The van der Waals surface area contributed by atoms with Gasteiger partial charge in [0.15, 0.2) is 16.6 Å². The largest absolute Gasteiger partial charge is 0.500 e. The Morgan fingerprint density at radius 1 is 0.468 bits per heavy atom. The number of nitrogens with one attached hydrogen (secondary N) is 1. The fraction of sp³-hybridized carbons (Fsp3) is 1.00. The van der Waals surface area contributed by atoms with E-state index in [-0.39, 0.29) is 0 Å². The van der Waals surface area contributed by atoms with Crippen molar-refractivity contribution >= 4 is 25.4 Å². The second-order valence-corrected chi connectivity index (χ2v) is 25.6. The number of hydrogen-bond donors (Lipinski definition) is 4. The fourth-order valence-corrected chi connectivity index (χ4v) is 10.0. The molecule has 9 nitrogen and oxygen atoms in total. The van der Waals surface area contributed by atoms with Gasteiger partial charge in [0.2, 0.25) is 0 Å². The topological polar surface area (TPSA) is 136 Å². The first-order chi connectivity index (χ1) is 22.5. The van der Waals surface area contributed by atoms with E-state index in [1.165, 1.54) is 96.3 Å². The van der Waals surface area contributed by atoms with E-state index in [1.807, 2.05) is 0 Å². The molecular weight excluding hydrogens is 641 g/mol. The Morgan fingerprint density at radius 3 is 1.19 bits per heavy atom. The summed E-state index contributed by atoms with van der Waals surface area (Å²) in [6, 6.07) is 3.09. The molecule has 0 rings (SSSR count). The second-order valence-electron chi connectivity index (χ2n) is 13.8. The van der Waals surface area contributed by atoms with Crippen molar-refractivity contribution in [3.8, 4) is 0 Å². The van der Waals surface area contributed by atoms with Gasteiger partial charge < -0.3 is 44.6 Å². The number of unbranched alkanes of at least 4 members (excludes halogenated alkanes) is 14. The van der Waals surface area contributed by atoms with Gasteiger partial charge in [0.25, 0.3) is 0 Å². The first-order valence-corrected chi connectivity index (χ1v) is 27.4. The van der Waals surface area contributed by atoms with Crippen molar-refractivity contribution in [1.29, 1.82) is 0 Å². The van der Waals surface area contributed by atoms with Gasteiger partial charge in [-0.15, -0.1) is 0 Å². The van der Waals surface area contributed by atoms with E-state index in [1.54, 1.807) is 21.3 Å². The molecule has 0 amide bonds. The molecule has 0 heterocycles. The third-order valence-corrected chi connectivity index (χ3v) is 16.1. The van der Waals surface area contributed by atoms with Crippen molar-refractivity contribution in [1.82, 2.24) is 5.32 Å². The number of nitrogens with two attached hydrogens (primary N) is 3. The lowest BCUT2D eigenvalue weighted by Gasteiger charge is -2.24. The summed E-state index contributed by atoms with van der Waals surface area (Å²) in [6.07, 6.45) is 22.4. The molecule has 0 aromatic rings. The van der Waals surface area contributed by atoms with Gasteiger partial charge >= 0.3 is 8.80 Å². The molecule has 47 heavy (non-hydrogen) atoms. The van der Waals surface area contributed by atoms with Gasteiger partial charge in [0, 0.05) is 47.3 Å². The Bertz CT molecular complexity index is 599. The molecule has 0 fully saturated rings. The molecule has 0 saturated carbocycles. The van der Waals surface area contributed by atoms with Gasteiger partial charge in [0.1, 0.15) is 0 Å². The zero-order valence-electron chi connectivity index (χ0n) is 33.2. The molecule has 7 N–H and O–H groups in total. The van der Waals surface area contributed by atoms with Crippen molar-refractivity contribution in [2.24, 2.45) is 17.2 Å². The Kier molecular flexibility index (Phi) is 41.3. The molecule has 12 heteroatoms. The molecule has 0 aliphatic carbocycles. The maximum absolute atomic E-state index is 5.77. The average Bonchev–Trinajstić information content (AvgIpc) is 3.04. The smallest absolute Gasteiger partial charge is 0.417 e. The summed E-state index contributed by atoms with van der Waals surface area (Å²) in [5, 5.41) is 3.17. The van der Waals surface area contributed by atoms with Crippen LogP contribution < -0.4 is 22.5 Å². The monoisotopic (exact) mass is 727 g/mol. The number of hydrogen-bond acceptors (Lipinski definition) is 9. The first kappa shape index (κ1) is 51.7. The highest BCUT2D eigenvalue weighted by Crippen LogP contribution is 2.19. The number of rotatable bonds is 32.